The Morgan fingerprint density at radius 3 is 1.57 bits per heavy atom. The molecule has 0 unspecified atom stereocenters. The Labute approximate surface area is 137 Å². The lowest BCUT2D eigenvalue weighted by Gasteiger charge is -2.43. The van der Waals surface area contributed by atoms with Crippen molar-refractivity contribution in [1.29, 1.82) is 0 Å². The molecule has 8 N–H and O–H groups in total. The average Bonchev–Trinajstić information content (AvgIpc) is 2.54. The fourth-order valence-electron chi connectivity index (χ4n) is 3.70. The van der Waals surface area contributed by atoms with Gasteiger partial charge in [-0.2, -0.15) is 0 Å². The van der Waals surface area contributed by atoms with E-state index in [0.717, 1.165) is 37.1 Å². The van der Waals surface area contributed by atoms with Crippen LogP contribution in [0.2, 0.25) is 0 Å². The van der Waals surface area contributed by atoms with Gasteiger partial charge in [-0.3, -0.25) is 0 Å². The van der Waals surface area contributed by atoms with Gasteiger partial charge in [0, 0.05) is 28.9 Å². The largest absolute Gasteiger partial charge is 0.399 e. The molecule has 2 aromatic carbocycles. The first kappa shape index (κ1) is 15.8. The fourth-order valence-corrected chi connectivity index (χ4v) is 3.70. The third-order valence-electron chi connectivity index (χ3n) is 5.08. The highest BCUT2D eigenvalue weighted by Gasteiger charge is 2.39. The van der Waals surface area contributed by atoms with Crippen LogP contribution in [0.25, 0.3) is 0 Å². The summed E-state index contributed by atoms with van der Waals surface area (Å²) in [5.41, 5.74) is 28.3. The van der Waals surface area contributed by atoms with E-state index in [4.69, 9.17) is 22.9 Å². The van der Waals surface area contributed by atoms with Gasteiger partial charge in [-0.1, -0.05) is 24.3 Å². The number of benzene rings is 2. The van der Waals surface area contributed by atoms with Gasteiger partial charge in [0.05, 0.1) is 0 Å². The van der Waals surface area contributed by atoms with Crippen LogP contribution in [0.4, 0.5) is 11.4 Å². The quantitative estimate of drug-likeness (QED) is 0.654. The van der Waals surface area contributed by atoms with Gasteiger partial charge in [0.25, 0.3) is 0 Å². The summed E-state index contributed by atoms with van der Waals surface area (Å²) in [6, 6.07) is 16.4. The van der Waals surface area contributed by atoms with Crippen LogP contribution in [-0.4, -0.2) is 11.6 Å². The first-order valence-corrected chi connectivity index (χ1v) is 8.23. The second-order valence-electron chi connectivity index (χ2n) is 6.84. The summed E-state index contributed by atoms with van der Waals surface area (Å²) in [5.74, 6) is 0.121. The van der Waals surface area contributed by atoms with Crippen molar-refractivity contribution in [3.63, 3.8) is 0 Å². The van der Waals surface area contributed by atoms with Crippen LogP contribution in [0.15, 0.2) is 48.5 Å². The second kappa shape index (κ2) is 6.22. The molecule has 0 spiro atoms. The molecule has 1 fully saturated rings. The molecule has 0 radical (unpaired) electrons. The van der Waals surface area contributed by atoms with E-state index >= 15 is 0 Å². The van der Waals surface area contributed by atoms with E-state index in [-0.39, 0.29) is 17.5 Å². The van der Waals surface area contributed by atoms with Crippen molar-refractivity contribution in [1.82, 2.24) is 0 Å². The zero-order chi connectivity index (χ0) is 16.4. The fraction of sp³-hybridized carbons (Fsp3) is 0.368. The van der Waals surface area contributed by atoms with Crippen molar-refractivity contribution in [2.24, 2.45) is 11.5 Å². The topological polar surface area (TPSA) is 104 Å². The predicted octanol–water partition coefficient (Wildman–Crippen LogP) is 2.58. The van der Waals surface area contributed by atoms with Gasteiger partial charge in [-0.15, -0.1) is 0 Å². The van der Waals surface area contributed by atoms with Crippen LogP contribution in [0.5, 0.6) is 0 Å². The second-order valence-corrected chi connectivity index (χ2v) is 6.84. The third kappa shape index (κ3) is 3.33. The molecule has 1 aliphatic rings. The minimum atomic E-state index is -0.290. The molecule has 2 aromatic rings. The molecule has 0 heterocycles. The number of anilines is 2. The monoisotopic (exact) mass is 310 g/mol. The predicted molar refractivity (Wildman–Crippen MR) is 96.9 cm³/mol. The molecule has 0 bridgehead atoms. The van der Waals surface area contributed by atoms with E-state index < -0.39 is 0 Å². The molecule has 23 heavy (non-hydrogen) atoms. The van der Waals surface area contributed by atoms with Gasteiger partial charge in [0.2, 0.25) is 0 Å². The molecular formula is C19H26N4. The molecule has 1 aliphatic carbocycles. The van der Waals surface area contributed by atoms with Gasteiger partial charge < -0.3 is 22.9 Å². The van der Waals surface area contributed by atoms with Crippen LogP contribution in [0, 0.1) is 0 Å². The van der Waals surface area contributed by atoms with E-state index in [9.17, 15) is 0 Å². The summed E-state index contributed by atoms with van der Waals surface area (Å²) in [4.78, 5) is 0. The molecule has 4 heteroatoms. The van der Waals surface area contributed by atoms with Crippen LogP contribution in [-0.2, 0) is 0 Å². The number of rotatable bonds is 3. The van der Waals surface area contributed by atoms with Gasteiger partial charge in [0.1, 0.15) is 0 Å². The van der Waals surface area contributed by atoms with Crippen molar-refractivity contribution in [2.75, 3.05) is 11.5 Å². The van der Waals surface area contributed by atoms with E-state index in [1.807, 2.05) is 24.3 Å². The molecule has 4 nitrogen and oxygen atoms in total. The molecular weight excluding hydrogens is 284 g/mol. The molecule has 0 amide bonds. The number of hydrogen-bond acceptors (Lipinski definition) is 4. The molecule has 0 atom stereocenters. The standard InChI is InChI=1S/C19H26N4/c20-15-5-1-13(2-6-15)18(14-3-7-16(21)8-4-14)19(23)11-9-17(22)10-12-19/h1-8,17-18H,9-12,20-23H2. The van der Waals surface area contributed by atoms with Crippen LogP contribution in [0.1, 0.15) is 42.7 Å². The minimum Gasteiger partial charge on any atom is -0.399 e. The smallest absolute Gasteiger partial charge is 0.0314 e. The van der Waals surface area contributed by atoms with Crippen LogP contribution >= 0.6 is 0 Å². The van der Waals surface area contributed by atoms with Crippen molar-refractivity contribution in [2.45, 2.75) is 43.2 Å². The zero-order valence-corrected chi connectivity index (χ0v) is 13.4. The summed E-state index contributed by atoms with van der Waals surface area (Å²) in [7, 11) is 0. The maximum Gasteiger partial charge on any atom is 0.0314 e. The van der Waals surface area contributed by atoms with Gasteiger partial charge in [0.15, 0.2) is 0 Å². The van der Waals surface area contributed by atoms with Crippen molar-refractivity contribution < 1.29 is 0 Å². The lowest BCUT2D eigenvalue weighted by atomic mass is 9.67. The Balaban J connectivity index is 2.02. The van der Waals surface area contributed by atoms with E-state index in [0.29, 0.717) is 0 Å². The maximum atomic E-state index is 6.89. The molecule has 122 valence electrons. The van der Waals surface area contributed by atoms with Crippen molar-refractivity contribution in [3.8, 4) is 0 Å². The molecule has 0 aromatic heterocycles. The average molecular weight is 310 g/mol. The maximum absolute atomic E-state index is 6.89. The lowest BCUT2D eigenvalue weighted by Crippen LogP contribution is -2.50. The minimum absolute atomic E-state index is 0.121. The first-order valence-electron chi connectivity index (χ1n) is 8.23. The normalized spacial score (nSPS) is 24.7. The van der Waals surface area contributed by atoms with Gasteiger partial charge in [-0.05, 0) is 61.1 Å². The first-order chi connectivity index (χ1) is 11.0. The highest BCUT2D eigenvalue weighted by atomic mass is 14.8. The van der Waals surface area contributed by atoms with Gasteiger partial charge in [-0.25, -0.2) is 0 Å². The Hall–Kier alpha value is -2.04. The molecule has 1 saturated carbocycles. The Bertz CT molecular complexity index is 595. The number of nitrogen functional groups attached to an aromatic ring is 2. The highest BCUT2D eigenvalue weighted by molar-refractivity contribution is 5.47. The lowest BCUT2D eigenvalue weighted by molar-refractivity contribution is 0.247. The van der Waals surface area contributed by atoms with Crippen molar-refractivity contribution in [3.05, 3.63) is 59.7 Å². The Morgan fingerprint density at radius 1 is 0.783 bits per heavy atom. The summed E-state index contributed by atoms with van der Waals surface area (Å²) >= 11 is 0. The van der Waals surface area contributed by atoms with Crippen molar-refractivity contribution >= 4 is 11.4 Å². The molecule has 3 rings (SSSR count). The van der Waals surface area contributed by atoms with Crippen LogP contribution in [0.3, 0.4) is 0 Å². The zero-order valence-electron chi connectivity index (χ0n) is 13.4. The number of hydrogen-bond donors (Lipinski definition) is 4. The number of nitrogens with two attached hydrogens (primary N) is 4. The SMILES string of the molecule is Nc1ccc(C(c2ccc(N)cc2)C2(N)CCC(N)CC2)cc1. The van der Waals surface area contributed by atoms with Gasteiger partial charge >= 0.3 is 0 Å². The molecule has 0 aliphatic heterocycles. The summed E-state index contributed by atoms with van der Waals surface area (Å²) in [6.45, 7) is 0. The molecule has 0 saturated heterocycles. The Morgan fingerprint density at radius 2 is 1.17 bits per heavy atom. The summed E-state index contributed by atoms with van der Waals surface area (Å²) < 4.78 is 0. The van der Waals surface area contributed by atoms with Crippen LogP contribution < -0.4 is 22.9 Å². The Kier molecular flexibility index (Phi) is 4.28. The summed E-state index contributed by atoms with van der Waals surface area (Å²) in [5, 5.41) is 0. The highest BCUT2D eigenvalue weighted by Crippen LogP contribution is 2.42. The van der Waals surface area contributed by atoms with E-state index in [1.54, 1.807) is 0 Å². The summed E-state index contributed by atoms with van der Waals surface area (Å²) in [6.07, 6.45) is 3.79. The van der Waals surface area contributed by atoms with E-state index in [1.165, 1.54) is 11.1 Å². The van der Waals surface area contributed by atoms with E-state index in [2.05, 4.69) is 24.3 Å². The third-order valence-corrected chi connectivity index (χ3v) is 5.08.